The minimum absolute atomic E-state index is 0.0254. The molecular formula is C7H10N2O6. The minimum atomic E-state index is -1.90. The molecule has 1 fully saturated rings. The van der Waals surface area contributed by atoms with Gasteiger partial charge >= 0.3 is 11.5 Å². The van der Waals surface area contributed by atoms with E-state index in [9.17, 15) is 25.0 Å². The topological polar surface area (TPSA) is 113 Å². The van der Waals surface area contributed by atoms with Gasteiger partial charge in [-0.2, -0.15) is 0 Å². The Labute approximate surface area is 84.5 Å². The van der Waals surface area contributed by atoms with E-state index in [4.69, 9.17) is 0 Å². The lowest BCUT2D eigenvalue weighted by molar-refractivity contribution is -0.627. The van der Waals surface area contributed by atoms with Gasteiger partial charge in [-0.3, -0.25) is 20.2 Å². The van der Waals surface area contributed by atoms with Gasteiger partial charge in [-0.25, -0.2) is 4.79 Å². The quantitative estimate of drug-likeness (QED) is 0.373. The predicted molar refractivity (Wildman–Crippen MR) is 46.4 cm³/mol. The van der Waals surface area contributed by atoms with E-state index in [1.807, 2.05) is 0 Å². The maximum absolute atomic E-state index is 11.3. The molecule has 15 heavy (non-hydrogen) atoms. The van der Waals surface area contributed by atoms with Crippen molar-refractivity contribution in [2.24, 2.45) is 0 Å². The van der Waals surface area contributed by atoms with Crippen molar-refractivity contribution >= 4 is 5.97 Å². The number of carbonyl (C=O) groups excluding carboxylic acids is 1. The molecule has 0 radical (unpaired) electrons. The van der Waals surface area contributed by atoms with Gasteiger partial charge in [0.25, 0.3) is 0 Å². The van der Waals surface area contributed by atoms with Crippen LogP contribution in [0.1, 0.15) is 19.8 Å². The Hall–Kier alpha value is -1.73. The Balaban J connectivity index is 2.74. The van der Waals surface area contributed by atoms with Crippen molar-refractivity contribution in [2.75, 3.05) is 6.61 Å². The van der Waals surface area contributed by atoms with Crippen molar-refractivity contribution < 1.29 is 19.4 Å². The number of hydrogen-bond donors (Lipinski definition) is 0. The molecular weight excluding hydrogens is 208 g/mol. The molecule has 8 nitrogen and oxygen atoms in total. The number of esters is 1. The molecule has 0 spiro atoms. The molecule has 0 saturated heterocycles. The molecule has 1 rings (SSSR count). The van der Waals surface area contributed by atoms with E-state index in [1.54, 1.807) is 0 Å². The summed E-state index contributed by atoms with van der Waals surface area (Å²) in [5.74, 6) is -0.979. The SMILES string of the molecule is CCOC(=O)C1([N+](=O)[O-])CC([N+](=O)[O-])C1. The highest BCUT2D eigenvalue weighted by atomic mass is 16.6. The lowest BCUT2D eigenvalue weighted by Crippen LogP contribution is -2.61. The molecule has 1 saturated carbocycles. The summed E-state index contributed by atoms with van der Waals surface area (Å²) >= 11 is 0. The van der Waals surface area contributed by atoms with E-state index < -0.39 is 27.4 Å². The fourth-order valence-corrected chi connectivity index (χ4v) is 1.52. The summed E-state index contributed by atoms with van der Waals surface area (Å²) in [6.45, 7) is 1.55. The van der Waals surface area contributed by atoms with Crippen LogP contribution in [0.15, 0.2) is 0 Å². The lowest BCUT2D eigenvalue weighted by atomic mass is 9.73. The Morgan fingerprint density at radius 1 is 1.47 bits per heavy atom. The highest BCUT2D eigenvalue weighted by Gasteiger charge is 2.67. The molecule has 1 aliphatic carbocycles. The number of ether oxygens (including phenoxy) is 1. The van der Waals surface area contributed by atoms with Crippen LogP contribution >= 0.6 is 0 Å². The van der Waals surface area contributed by atoms with Gasteiger partial charge < -0.3 is 4.74 Å². The maximum Gasteiger partial charge on any atom is 0.385 e. The van der Waals surface area contributed by atoms with E-state index in [2.05, 4.69) is 4.74 Å². The molecule has 0 amide bonds. The Morgan fingerprint density at radius 2 is 2.00 bits per heavy atom. The highest BCUT2D eigenvalue weighted by Crippen LogP contribution is 2.38. The van der Waals surface area contributed by atoms with Crippen LogP contribution in [0.5, 0.6) is 0 Å². The average molecular weight is 218 g/mol. The third kappa shape index (κ3) is 1.74. The van der Waals surface area contributed by atoms with Crippen LogP contribution in [0.25, 0.3) is 0 Å². The summed E-state index contributed by atoms with van der Waals surface area (Å²) < 4.78 is 4.54. The van der Waals surface area contributed by atoms with Crippen LogP contribution < -0.4 is 0 Å². The van der Waals surface area contributed by atoms with E-state index in [0.29, 0.717) is 0 Å². The normalized spacial score (nSPS) is 29.0. The third-order valence-electron chi connectivity index (χ3n) is 2.45. The third-order valence-corrected chi connectivity index (χ3v) is 2.45. The molecule has 1 aliphatic rings. The second kappa shape index (κ2) is 3.79. The fourth-order valence-electron chi connectivity index (χ4n) is 1.52. The Bertz CT molecular complexity index is 309. The first-order chi connectivity index (χ1) is 6.94. The molecule has 0 atom stereocenters. The summed E-state index contributed by atoms with van der Waals surface area (Å²) in [5.41, 5.74) is -1.90. The van der Waals surface area contributed by atoms with Crippen LogP contribution in [-0.4, -0.2) is 34.0 Å². The molecule has 0 aliphatic heterocycles. The van der Waals surface area contributed by atoms with Gasteiger partial charge in [-0.1, -0.05) is 0 Å². The van der Waals surface area contributed by atoms with Crippen LogP contribution in [0.2, 0.25) is 0 Å². The highest BCUT2D eigenvalue weighted by molar-refractivity contribution is 5.80. The smallest absolute Gasteiger partial charge is 0.385 e. The molecule has 0 aromatic carbocycles. The molecule has 0 unspecified atom stereocenters. The van der Waals surface area contributed by atoms with E-state index in [0.717, 1.165) is 0 Å². The summed E-state index contributed by atoms with van der Waals surface area (Å²) in [4.78, 5) is 30.8. The zero-order valence-electron chi connectivity index (χ0n) is 8.04. The van der Waals surface area contributed by atoms with E-state index >= 15 is 0 Å². The van der Waals surface area contributed by atoms with Crippen molar-refractivity contribution in [1.82, 2.24) is 0 Å². The van der Waals surface area contributed by atoms with Crippen molar-refractivity contribution in [3.05, 3.63) is 20.2 Å². The zero-order chi connectivity index (χ0) is 11.6. The molecule has 0 N–H and O–H groups in total. The molecule has 8 heteroatoms. The largest absolute Gasteiger partial charge is 0.461 e. The van der Waals surface area contributed by atoms with Gasteiger partial charge in [-0.15, -0.1) is 0 Å². The number of nitrogens with zero attached hydrogens (tertiary/aromatic N) is 2. The van der Waals surface area contributed by atoms with Crippen LogP contribution in [0.4, 0.5) is 0 Å². The second-order valence-electron chi connectivity index (χ2n) is 3.36. The first kappa shape index (κ1) is 11.3. The molecule has 0 aromatic rings. The van der Waals surface area contributed by atoms with Crippen LogP contribution in [0.3, 0.4) is 0 Å². The van der Waals surface area contributed by atoms with Crippen molar-refractivity contribution in [3.63, 3.8) is 0 Å². The first-order valence-corrected chi connectivity index (χ1v) is 4.39. The van der Waals surface area contributed by atoms with Gasteiger partial charge in [0.1, 0.15) is 0 Å². The lowest BCUT2D eigenvalue weighted by Gasteiger charge is -2.32. The summed E-state index contributed by atoms with van der Waals surface area (Å²) in [6.07, 6.45) is -0.766. The number of nitro groups is 2. The van der Waals surface area contributed by atoms with Gasteiger partial charge in [0, 0.05) is 9.85 Å². The molecule has 0 aromatic heterocycles. The molecule has 0 heterocycles. The summed E-state index contributed by atoms with van der Waals surface area (Å²) in [5, 5.41) is 21.0. The second-order valence-corrected chi connectivity index (χ2v) is 3.36. The minimum Gasteiger partial charge on any atom is -0.461 e. The molecule has 84 valence electrons. The standard InChI is InChI=1S/C7H10N2O6/c1-2-15-6(10)7(9(13)14)3-5(4-7)8(11)12/h5H,2-4H2,1H3. The summed E-state index contributed by atoms with van der Waals surface area (Å²) in [7, 11) is 0. The first-order valence-electron chi connectivity index (χ1n) is 4.39. The Kier molecular flexibility index (Phi) is 2.87. The zero-order valence-corrected chi connectivity index (χ0v) is 8.04. The summed E-state index contributed by atoms with van der Waals surface area (Å²) in [6, 6.07) is -1.01. The van der Waals surface area contributed by atoms with Crippen LogP contribution in [-0.2, 0) is 9.53 Å². The maximum atomic E-state index is 11.3. The van der Waals surface area contributed by atoms with Crippen LogP contribution in [0, 0.1) is 20.2 Å². The number of hydrogen-bond acceptors (Lipinski definition) is 6. The predicted octanol–water partition coefficient (Wildman–Crippen LogP) is 0.00410. The van der Waals surface area contributed by atoms with Gasteiger partial charge in [0.05, 0.1) is 19.4 Å². The van der Waals surface area contributed by atoms with Crippen molar-refractivity contribution in [3.8, 4) is 0 Å². The Morgan fingerprint density at radius 3 is 2.33 bits per heavy atom. The van der Waals surface area contributed by atoms with E-state index in [-0.39, 0.29) is 19.4 Å². The molecule has 0 bridgehead atoms. The van der Waals surface area contributed by atoms with Gasteiger partial charge in [0.2, 0.25) is 6.04 Å². The average Bonchev–Trinajstić information content (AvgIpc) is 2.00. The van der Waals surface area contributed by atoms with Gasteiger partial charge in [0.15, 0.2) is 0 Å². The fraction of sp³-hybridized carbons (Fsp3) is 0.857. The van der Waals surface area contributed by atoms with Crippen molar-refractivity contribution in [2.45, 2.75) is 31.3 Å². The van der Waals surface area contributed by atoms with E-state index in [1.165, 1.54) is 6.92 Å². The number of carbonyl (C=O) groups is 1. The van der Waals surface area contributed by atoms with Crippen molar-refractivity contribution in [1.29, 1.82) is 0 Å². The number of rotatable bonds is 4. The van der Waals surface area contributed by atoms with Gasteiger partial charge in [-0.05, 0) is 6.92 Å². The monoisotopic (exact) mass is 218 g/mol.